The molecule has 0 aromatic heterocycles. The Bertz CT molecular complexity index is 935. The van der Waals surface area contributed by atoms with Gasteiger partial charge in [0.25, 0.3) is 5.91 Å². The van der Waals surface area contributed by atoms with Crippen LogP contribution >= 0.6 is 11.6 Å². The molecule has 136 valence electrons. The number of hydrazone groups is 1. The van der Waals surface area contributed by atoms with E-state index < -0.39 is 0 Å². The molecular weight excluding hydrogens is 360 g/mol. The SMILES string of the molecule is Cc1ccc(OCc2ccc(C(=O)NN=Cc3ccccc3Cl)cc2)cc1. The highest BCUT2D eigenvalue weighted by atomic mass is 35.5. The summed E-state index contributed by atoms with van der Waals surface area (Å²) in [6.07, 6.45) is 1.52. The summed E-state index contributed by atoms with van der Waals surface area (Å²) >= 11 is 6.04. The van der Waals surface area contributed by atoms with E-state index in [1.165, 1.54) is 11.8 Å². The second kappa shape index (κ2) is 9.01. The lowest BCUT2D eigenvalue weighted by Crippen LogP contribution is -2.17. The number of nitrogens with zero attached hydrogens (tertiary/aromatic N) is 1. The molecule has 0 fully saturated rings. The minimum Gasteiger partial charge on any atom is -0.489 e. The third-order valence-corrected chi connectivity index (χ3v) is 4.26. The quantitative estimate of drug-likeness (QED) is 0.485. The number of carbonyl (C=O) groups is 1. The maximum absolute atomic E-state index is 12.2. The Morgan fingerprint density at radius 2 is 1.74 bits per heavy atom. The molecule has 5 heteroatoms. The first-order valence-corrected chi connectivity index (χ1v) is 8.86. The highest BCUT2D eigenvalue weighted by Crippen LogP contribution is 2.14. The molecule has 3 rings (SSSR count). The number of hydrogen-bond donors (Lipinski definition) is 1. The maximum atomic E-state index is 12.2. The fourth-order valence-electron chi connectivity index (χ4n) is 2.36. The molecule has 0 aliphatic heterocycles. The molecule has 1 amide bonds. The molecule has 0 heterocycles. The van der Waals surface area contributed by atoms with E-state index in [9.17, 15) is 4.79 Å². The van der Waals surface area contributed by atoms with Crippen LogP contribution in [0.5, 0.6) is 5.75 Å². The fourth-order valence-corrected chi connectivity index (χ4v) is 2.54. The third kappa shape index (κ3) is 5.43. The molecule has 3 aromatic rings. The number of carbonyl (C=O) groups excluding carboxylic acids is 1. The fraction of sp³-hybridized carbons (Fsp3) is 0.0909. The molecule has 4 nitrogen and oxygen atoms in total. The van der Waals surface area contributed by atoms with Gasteiger partial charge in [0, 0.05) is 16.1 Å². The van der Waals surface area contributed by atoms with Crippen LogP contribution in [0.25, 0.3) is 0 Å². The van der Waals surface area contributed by atoms with Crippen molar-refractivity contribution in [2.24, 2.45) is 5.10 Å². The summed E-state index contributed by atoms with van der Waals surface area (Å²) in [6, 6.07) is 22.4. The van der Waals surface area contributed by atoms with Crippen molar-refractivity contribution in [3.05, 3.63) is 100 Å². The van der Waals surface area contributed by atoms with E-state index in [4.69, 9.17) is 16.3 Å². The van der Waals surface area contributed by atoms with Gasteiger partial charge in [0.1, 0.15) is 12.4 Å². The van der Waals surface area contributed by atoms with Gasteiger partial charge >= 0.3 is 0 Å². The Labute approximate surface area is 163 Å². The Morgan fingerprint density at radius 1 is 1.04 bits per heavy atom. The number of rotatable bonds is 6. The van der Waals surface area contributed by atoms with Crippen LogP contribution in [0.2, 0.25) is 5.02 Å². The molecule has 0 saturated heterocycles. The number of nitrogens with one attached hydrogen (secondary N) is 1. The summed E-state index contributed by atoms with van der Waals surface area (Å²) in [6.45, 7) is 2.47. The zero-order valence-corrected chi connectivity index (χ0v) is 15.6. The van der Waals surface area contributed by atoms with E-state index in [2.05, 4.69) is 10.5 Å². The molecule has 0 atom stereocenters. The Hall–Kier alpha value is -3.11. The van der Waals surface area contributed by atoms with E-state index >= 15 is 0 Å². The van der Waals surface area contributed by atoms with Gasteiger partial charge in [-0.25, -0.2) is 5.43 Å². The number of aryl methyl sites for hydroxylation is 1. The summed E-state index contributed by atoms with van der Waals surface area (Å²) < 4.78 is 5.74. The van der Waals surface area contributed by atoms with Gasteiger partial charge in [0.2, 0.25) is 0 Å². The van der Waals surface area contributed by atoms with Crippen molar-refractivity contribution in [3.8, 4) is 5.75 Å². The highest BCUT2D eigenvalue weighted by molar-refractivity contribution is 6.33. The predicted octanol–water partition coefficient (Wildman–Crippen LogP) is 4.99. The molecule has 0 aliphatic rings. The lowest BCUT2D eigenvalue weighted by molar-refractivity contribution is 0.0955. The molecule has 0 saturated carbocycles. The van der Waals surface area contributed by atoms with Crippen LogP contribution in [-0.2, 0) is 6.61 Å². The summed E-state index contributed by atoms with van der Waals surface area (Å²) in [5.74, 6) is 0.528. The third-order valence-electron chi connectivity index (χ3n) is 3.92. The zero-order valence-electron chi connectivity index (χ0n) is 14.9. The van der Waals surface area contributed by atoms with Gasteiger partial charge in [-0.05, 0) is 42.8 Å². The van der Waals surface area contributed by atoms with Gasteiger partial charge < -0.3 is 4.74 Å². The molecule has 0 unspecified atom stereocenters. The van der Waals surface area contributed by atoms with Crippen LogP contribution in [0.15, 0.2) is 77.9 Å². The Balaban J connectivity index is 1.54. The van der Waals surface area contributed by atoms with Crippen molar-refractivity contribution in [2.75, 3.05) is 0 Å². The van der Waals surface area contributed by atoms with Gasteiger partial charge in [-0.2, -0.15) is 5.10 Å². The summed E-state index contributed by atoms with van der Waals surface area (Å²) in [5, 5.41) is 4.53. The van der Waals surface area contributed by atoms with Crippen LogP contribution in [-0.4, -0.2) is 12.1 Å². The van der Waals surface area contributed by atoms with Crippen molar-refractivity contribution in [1.82, 2.24) is 5.43 Å². The highest BCUT2D eigenvalue weighted by Gasteiger charge is 2.04. The normalized spacial score (nSPS) is 10.7. The number of amides is 1. The summed E-state index contributed by atoms with van der Waals surface area (Å²) in [5.41, 5.74) is 5.92. The average molecular weight is 379 g/mol. The van der Waals surface area contributed by atoms with E-state index in [0.717, 1.165) is 16.9 Å². The van der Waals surface area contributed by atoms with Crippen LogP contribution in [0.1, 0.15) is 27.0 Å². The Morgan fingerprint density at radius 3 is 2.44 bits per heavy atom. The van der Waals surface area contributed by atoms with Crippen molar-refractivity contribution in [1.29, 1.82) is 0 Å². The van der Waals surface area contributed by atoms with Gasteiger partial charge in [0.15, 0.2) is 0 Å². The van der Waals surface area contributed by atoms with Gasteiger partial charge in [0.05, 0.1) is 6.21 Å². The lowest BCUT2D eigenvalue weighted by atomic mass is 10.1. The molecule has 0 bridgehead atoms. The van der Waals surface area contributed by atoms with Gasteiger partial charge in [-0.1, -0.05) is 59.6 Å². The molecule has 1 N–H and O–H groups in total. The van der Waals surface area contributed by atoms with Gasteiger partial charge in [-0.3, -0.25) is 4.79 Å². The molecule has 0 aliphatic carbocycles. The van der Waals surface area contributed by atoms with Crippen molar-refractivity contribution in [2.45, 2.75) is 13.5 Å². The molecule has 0 radical (unpaired) electrons. The van der Waals surface area contributed by atoms with E-state index in [0.29, 0.717) is 17.2 Å². The minimum absolute atomic E-state index is 0.288. The first-order valence-electron chi connectivity index (χ1n) is 8.48. The number of ether oxygens (including phenoxy) is 1. The second-order valence-electron chi connectivity index (χ2n) is 6.02. The van der Waals surface area contributed by atoms with Crippen molar-refractivity contribution >= 4 is 23.7 Å². The molecule has 3 aromatic carbocycles. The van der Waals surface area contributed by atoms with E-state index in [-0.39, 0.29) is 5.91 Å². The first kappa shape index (κ1) is 18.7. The Kier molecular flexibility index (Phi) is 6.23. The smallest absolute Gasteiger partial charge is 0.271 e. The van der Waals surface area contributed by atoms with E-state index in [1.54, 1.807) is 18.2 Å². The minimum atomic E-state index is -0.288. The topological polar surface area (TPSA) is 50.7 Å². The second-order valence-corrected chi connectivity index (χ2v) is 6.43. The zero-order chi connectivity index (χ0) is 19.1. The van der Waals surface area contributed by atoms with Crippen LogP contribution in [0.4, 0.5) is 0 Å². The summed E-state index contributed by atoms with van der Waals surface area (Å²) in [7, 11) is 0. The number of hydrogen-bond acceptors (Lipinski definition) is 3. The largest absolute Gasteiger partial charge is 0.489 e. The summed E-state index contributed by atoms with van der Waals surface area (Å²) in [4.78, 5) is 12.2. The lowest BCUT2D eigenvalue weighted by Gasteiger charge is -2.07. The molecule has 27 heavy (non-hydrogen) atoms. The average Bonchev–Trinajstić information content (AvgIpc) is 2.69. The molecular formula is C22H19ClN2O2. The van der Waals surface area contributed by atoms with E-state index in [1.807, 2.05) is 61.5 Å². The van der Waals surface area contributed by atoms with Crippen LogP contribution in [0.3, 0.4) is 0 Å². The molecule has 0 spiro atoms. The van der Waals surface area contributed by atoms with Crippen LogP contribution < -0.4 is 10.2 Å². The van der Waals surface area contributed by atoms with Crippen LogP contribution in [0, 0.1) is 6.92 Å². The number of benzene rings is 3. The monoisotopic (exact) mass is 378 g/mol. The van der Waals surface area contributed by atoms with Crippen molar-refractivity contribution < 1.29 is 9.53 Å². The first-order chi connectivity index (χ1) is 13.1. The predicted molar refractivity (Wildman–Crippen MR) is 108 cm³/mol. The number of halogens is 1. The van der Waals surface area contributed by atoms with Gasteiger partial charge in [-0.15, -0.1) is 0 Å². The standard InChI is InChI=1S/C22H19ClN2O2/c1-16-6-12-20(13-7-16)27-15-17-8-10-18(11-9-17)22(26)25-24-14-19-4-2-3-5-21(19)23/h2-14H,15H2,1H3,(H,25,26). The maximum Gasteiger partial charge on any atom is 0.271 e. The van der Waals surface area contributed by atoms with Crippen molar-refractivity contribution in [3.63, 3.8) is 0 Å².